The molecule has 0 aromatic carbocycles. The molecule has 0 aromatic heterocycles. The molecule has 1 fully saturated rings. The summed E-state index contributed by atoms with van der Waals surface area (Å²) in [4.78, 5) is 22.6. The maximum absolute atomic E-state index is 11.8. The van der Waals surface area contributed by atoms with Crippen molar-refractivity contribution in [1.29, 1.82) is 0 Å². The molecule has 0 saturated carbocycles. The van der Waals surface area contributed by atoms with Crippen molar-refractivity contribution < 1.29 is 14.7 Å². The van der Waals surface area contributed by atoms with Gasteiger partial charge in [-0.3, -0.25) is 4.79 Å². The van der Waals surface area contributed by atoms with Gasteiger partial charge in [-0.25, -0.2) is 4.79 Å². The molecule has 1 saturated heterocycles. The molecule has 1 unspecified atom stereocenters. The Bertz CT molecular complexity index is 248. The zero-order valence-corrected chi connectivity index (χ0v) is 9.66. The van der Waals surface area contributed by atoms with Crippen LogP contribution < -0.4 is 10.6 Å². The number of rotatable bonds is 4. The van der Waals surface area contributed by atoms with Crippen LogP contribution in [-0.2, 0) is 9.59 Å². The summed E-state index contributed by atoms with van der Waals surface area (Å²) >= 11 is 0. The average Bonchev–Trinajstić information content (AvgIpc) is 2.53. The highest BCUT2D eigenvalue weighted by atomic mass is 16.4. The fourth-order valence-electron chi connectivity index (χ4n) is 1.86. The predicted octanol–water partition coefficient (Wildman–Crippen LogP) is 0.498. The van der Waals surface area contributed by atoms with Crippen LogP contribution in [0, 0.1) is 0 Å². The summed E-state index contributed by atoms with van der Waals surface area (Å²) in [5.41, 5.74) is 0. The van der Waals surface area contributed by atoms with Crippen molar-refractivity contribution in [3.8, 4) is 0 Å². The number of nitrogens with one attached hydrogen (secondary N) is 2. The third-order valence-electron chi connectivity index (χ3n) is 2.90. The third-order valence-corrected chi connectivity index (χ3v) is 2.90. The van der Waals surface area contributed by atoms with Crippen LogP contribution >= 0.6 is 0 Å². The Balaban J connectivity index is 2.46. The van der Waals surface area contributed by atoms with Gasteiger partial charge in [-0.05, 0) is 25.8 Å². The van der Waals surface area contributed by atoms with E-state index in [0.29, 0.717) is 6.42 Å². The van der Waals surface area contributed by atoms with Crippen molar-refractivity contribution in [2.75, 3.05) is 6.54 Å². The van der Waals surface area contributed by atoms with Gasteiger partial charge in [0.2, 0.25) is 5.91 Å². The van der Waals surface area contributed by atoms with Gasteiger partial charge in [-0.1, -0.05) is 19.8 Å². The van der Waals surface area contributed by atoms with Crippen LogP contribution in [0.15, 0.2) is 0 Å². The van der Waals surface area contributed by atoms with Crippen LogP contribution in [0.5, 0.6) is 0 Å². The van der Waals surface area contributed by atoms with E-state index in [1.165, 1.54) is 0 Å². The van der Waals surface area contributed by atoms with Gasteiger partial charge in [0.25, 0.3) is 0 Å². The average molecular weight is 228 g/mol. The molecule has 2 atom stereocenters. The van der Waals surface area contributed by atoms with E-state index in [0.717, 1.165) is 32.2 Å². The van der Waals surface area contributed by atoms with Crippen LogP contribution in [-0.4, -0.2) is 35.6 Å². The molecule has 1 aliphatic rings. The maximum Gasteiger partial charge on any atom is 0.326 e. The third kappa shape index (κ3) is 3.81. The van der Waals surface area contributed by atoms with Gasteiger partial charge < -0.3 is 15.7 Å². The van der Waals surface area contributed by atoms with Crippen molar-refractivity contribution in [3.05, 3.63) is 0 Å². The quantitative estimate of drug-likeness (QED) is 0.654. The second kappa shape index (κ2) is 6.48. The van der Waals surface area contributed by atoms with Crippen LogP contribution in [0.2, 0.25) is 0 Å². The predicted molar refractivity (Wildman–Crippen MR) is 60.1 cm³/mol. The number of carboxylic acid groups (broad SMARTS) is 1. The van der Waals surface area contributed by atoms with Gasteiger partial charge >= 0.3 is 5.97 Å². The molecule has 1 rings (SSSR count). The van der Waals surface area contributed by atoms with E-state index >= 15 is 0 Å². The summed E-state index contributed by atoms with van der Waals surface area (Å²) < 4.78 is 0. The van der Waals surface area contributed by atoms with Crippen LogP contribution in [0.3, 0.4) is 0 Å². The second-order valence-electron chi connectivity index (χ2n) is 4.16. The molecule has 0 spiro atoms. The lowest BCUT2D eigenvalue weighted by molar-refractivity contribution is -0.142. The molecule has 5 nitrogen and oxygen atoms in total. The van der Waals surface area contributed by atoms with Gasteiger partial charge in [0.15, 0.2) is 0 Å². The molecular weight excluding hydrogens is 208 g/mol. The smallest absolute Gasteiger partial charge is 0.326 e. The minimum absolute atomic E-state index is 0.184. The highest BCUT2D eigenvalue weighted by molar-refractivity contribution is 5.86. The Kier molecular flexibility index (Phi) is 5.25. The number of carboxylic acids is 1. The van der Waals surface area contributed by atoms with Crippen molar-refractivity contribution in [3.63, 3.8) is 0 Å². The molecular formula is C11H20N2O3. The van der Waals surface area contributed by atoms with E-state index in [2.05, 4.69) is 10.6 Å². The lowest BCUT2D eigenvalue weighted by atomic mass is 10.1. The summed E-state index contributed by atoms with van der Waals surface area (Å²) in [5, 5.41) is 14.5. The summed E-state index contributed by atoms with van der Waals surface area (Å²) in [6.45, 7) is 2.58. The summed E-state index contributed by atoms with van der Waals surface area (Å²) in [6, 6.07) is -0.992. The lowest BCUT2D eigenvalue weighted by Gasteiger charge is -2.18. The van der Waals surface area contributed by atoms with Gasteiger partial charge in [0, 0.05) is 0 Å². The molecule has 92 valence electrons. The van der Waals surface area contributed by atoms with E-state index in [1.54, 1.807) is 6.92 Å². The molecule has 0 radical (unpaired) electrons. The molecule has 0 aromatic rings. The van der Waals surface area contributed by atoms with E-state index in [4.69, 9.17) is 5.11 Å². The van der Waals surface area contributed by atoms with Gasteiger partial charge in [0.05, 0.1) is 6.04 Å². The second-order valence-corrected chi connectivity index (χ2v) is 4.16. The first-order valence-corrected chi connectivity index (χ1v) is 5.91. The van der Waals surface area contributed by atoms with Crippen molar-refractivity contribution in [1.82, 2.24) is 10.6 Å². The Morgan fingerprint density at radius 3 is 2.81 bits per heavy atom. The van der Waals surface area contributed by atoms with E-state index in [-0.39, 0.29) is 11.9 Å². The number of aliphatic carboxylic acids is 1. The number of carbonyl (C=O) groups excluding carboxylic acids is 1. The molecule has 0 aliphatic carbocycles. The van der Waals surface area contributed by atoms with Crippen LogP contribution in [0.25, 0.3) is 0 Å². The van der Waals surface area contributed by atoms with Crippen molar-refractivity contribution >= 4 is 11.9 Å². The summed E-state index contributed by atoms with van der Waals surface area (Å²) in [7, 11) is 0. The number of hydrogen-bond donors (Lipinski definition) is 3. The number of amides is 1. The first-order valence-electron chi connectivity index (χ1n) is 5.91. The molecule has 1 heterocycles. The molecule has 16 heavy (non-hydrogen) atoms. The monoisotopic (exact) mass is 228 g/mol. The maximum atomic E-state index is 11.8. The molecule has 1 aliphatic heterocycles. The fraction of sp³-hybridized carbons (Fsp3) is 0.818. The first-order chi connectivity index (χ1) is 7.65. The normalized spacial score (nSPS) is 23.2. The molecule has 5 heteroatoms. The van der Waals surface area contributed by atoms with E-state index < -0.39 is 12.0 Å². The number of hydrogen-bond acceptors (Lipinski definition) is 3. The van der Waals surface area contributed by atoms with Gasteiger partial charge in [-0.2, -0.15) is 0 Å². The first kappa shape index (κ1) is 13.0. The minimum atomic E-state index is -0.968. The van der Waals surface area contributed by atoms with Crippen LogP contribution in [0.1, 0.15) is 39.0 Å². The Hall–Kier alpha value is -1.10. The Morgan fingerprint density at radius 1 is 1.44 bits per heavy atom. The summed E-state index contributed by atoms with van der Waals surface area (Å²) in [5.74, 6) is -1.15. The summed E-state index contributed by atoms with van der Waals surface area (Å²) in [6.07, 6.45) is 4.44. The van der Waals surface area contributed by atoms with Crippen LogP contribution in [0.4, 0.5) is 0 Å². The fourth-order valence-corrected chi connectivity index (χ4v) is 1.86. The minimum Gasteiger partial charge on any atom is -0.480 e. The zero-order valence-electron chi connectivity index (χ0n) is 9.66. The Morgan fingerprint density at radius 2 is 2.19 bits per heavy atom. The van der Waals surface area contributed by atoms with Crippen molar-refractivity contribution in [2.45, 2.75) is 51.1 Å². The highest BCUT2D eigenvalue weighted by Gasteiger charge is 2.24. The SMILES string of the molecule is CC[C@@H](NC(=O)C1CCCCCN1)C(=O)O. The van der Waals surface area contributed by atoms with E-state index in [9.17, 15) is 9.59 Å². The van der Waals surface area contributed by atoms with E-state index in [1.807, 2.05) is 0 Å². The zero-order chi connectivity index (χ0) is 12.0. The number of carbonyl (C=O) groups is 2. The van der Waals surface area contributed by atoms with Gasteiger partial charge in [0.1, 0.15) is 6.04 Å². The highest BCUT2D eigenvalue weighted by Crippen LogP contribution is 2.08. The molecule has 0 bridgehead atoms. The van der Waals surface area contributed by atoms with Gasteiger partial charge in [-0.15, -0.1) is 0 Å². The largest absolute Gasteiger partial charge is 0.480 e. The lowest BCUT2D eigenvalue weighted by Crippen LogP contribution is -2.49. The topological polar surface area (TPSA) is 78.4 Å². The Labute approximate surface area is 95.6 Å². The van der Waals surface area contributed by atoms with Crippen molar-refractivity contribution in [2.24, 2.45) is 0 Å². The molecule has 1 amide bonds. The molecule has 3 N–H and O–H groups in total. The standard InChI is InChI=1S/C11H20N2O3/c1-2-8(11(15)16)13-10(14)9-6-4-3-5-7-12-9/h8-9,12H,2-7H2,1H3,(H,13,14)(H,15,16)/t8-,9?/m1/s1.